The van der Waals surface area contributed by atoms with Crippen LogP contribution in [0.5, 0.6) is 0 Å². The molecular formula is C16H26O2. The molecule has 0 bridgehead atoms. The Balaban J connectivity index is 2.32. The maximum atomic E-state index is 9.90. The van der Waals surface area contributed by atoms with Gasteiger partial charge in [-0.2, -0.15) is 0 Å². The molecule has 102 valence electrons. The maximum absolute atomic E-state index is 9.90. The second-order valence-corrected chi connectivity index (χ2v) is 5.16. The van der Waals surface area contributed by atoms with Crippen LogP contribution < -0.4 is 0 Å². The monoisotopic (exact) mass is 250 g/mol. The predicted octanol–water partition coefficient (Wildman–Crippen LogP) is 3.53. The van der Waals surface area contributed by atoms with E-state index in [4.69, 9.17) is 4.74 Å². The van der Waals surface area contributed by atoms with Crippen LogP contribution in [0, 0.1) is 0 Å². The van der Waals surface area contributed by atoms with Crippen LogP contribution >= 0.6 is 0 Å². The summed E-state index contributed by atoms with van der Waals surface area (Å²) in [7, 11) is 0. The lowest BCUT2D eigenvalue weighted by atomic mass is 9.99. The topological polar surface area (TPSA) is 29.5 Å². The molecular weight excluding hydrogens is 224 g/mol. The zero-order chi connectivity index (χ0) is 13.4. The third kappa shape index (κ3) is 5.65. The summed E-state index contributed by atoms with van der Waals surface area (Å²) in [6.45, 7) is 7.91. The molecule has 0 saturated carbocycles. The minimum absolute atomic E-state index is 0.299. The molecule has 1 aromatic carbocycles. The minimum Gasteiger partial charge on any atom is -0.393 e. The highest BCUT2D eigenvalue weighted by Gasteiger charge is 2.06. The summed E-state index contributed by atoms with van der Waals surface area (Å²) in [5, 5.41) is 9.90. The van der Waals surface area contributed by atoms with E-state index in [1.165, 1.54) is 11.1 Å². The molecule has 0 aliphatic rings. The molecule has 0 aromatic heterocycles. The van der Waals surface area contributed by atoms with Crippen LogP contribution in [0.2, 0.25) is 0 Å². The normalized spacial score (nSPS) is 12.9. The average Bonchev–Trinajstić information content (AvgIpc) is 2.35. The summed E-state index contributed by atoms with van der Waals surface area (Å²) in [4.78, 5) is 0. The summed E-state index contributed by atoms with van der Waals surface area (Å²) in [6, 6.07) is 8.54. The second-order valence-electron chi connectivity index (χ2n) is 5.16. The van der Waals surface area contributed by atoms with E-state index in [2.05, 4.69) is 45.0 Å². The van der Waals surface area contributed by atoms with Crippen molar-refractivity contribution in [2.75, 3.05) is 13.2 Å². The highest BCUT2D eigenvalue weighted by atomic mass is 16.5. The molecule has 18 heavy (non-hydrogen) atoms. The minimum atomic E-state index is -0.299. The van der Waals surface area contributed by atoms with Crippen LogP contribution in [-0.2, 0) is 11.2 Å². The van der Waals surface area contributed by atoms with E-state index in [0.29, 0.717) is 25.4 Å². The first kappa shape index (κ1) is 15.2. The molecule has 0 saturated heterocycles. The quantitative estimate of drug-likeness (QED) is 0.715. The van der Waals surface area contributed by atoms with Crippen molar-refractivity contribution in [3.05, 3.63) is 35.4 Å². The average molecular weight is 250 g/mol. The number of ether oxygens (including phenoxy) is 1. The molecule has 2 heteroatoms. The Labute approximate surface area is 111 Å². The van der Waals surface area contributed by atoms with Crippen molar-refractivity contribution < 1.29 is 9.84 Å². The van der Waals surface area contributed by atoms with Crippen molar-refractivity contribution in [3.8, 4) is 0 Å². The molecule has 1 atom stereocenters. The molecule has 0 fully saturated rings. The number of aliphatic hydroxyl groups excluding tert-OH is 1. The highest BCUT2D eigenvalue weighted by Crippen LogP contribution is 2.15. The van der Waals surface area contributed by atoms with Crippen LogP contribution in [0.3, 0.4) is 0 Å². The van der Waals surface area contributed by atoms with Gasteiger partial charge in [-0.1, -0.05) is 45.0 Å². The van der Waals surface area contributed by atoms with Gasteiger partial charge >= 0.3 is 0 Å². The summed E-state index contributed by atoms with van der Waals surface area (Å²) in [5.74, 6) is 0.561. The molecule has 0 radical (unpaired) electrons. The molecule has 2 nitrogen and oxygen atoms in total. The predicted molar refractivity (Wildman–Crippen MR) is 76.0 cm³/mol. The molecule has 0 aliphatic heterocycles. The van der Waals surface area contributed by atoms with Crippen molar-refractivity contribution in [3.63, 3.8) is 0 Å². The first-order valence-corrected chi connectivity index (χ1v) is 6.98. The van der Waals surface area contributed by atoms with Gasteiger partial charge in [0.15, 0.2) is 0 Å². The lowest BCUT2D eigenvalue weighted by molar-refractivity contribution is 0.0824. The molecule has 1 rings (SSSR count). The standard InChI is InChI=1S/C16H26O2/c1-4-10-18-11-9-16(17)12-14-5-7-15(8-6-14)13(2)3/h5-8,13,16-17H,4,9-12H2,1-3H3. The lowest BCUT2D eigenvalue weighted by Gasteiger charge is -2.12. The highest BCUT2D eigenvalue weighted by molar-refractivity contribution is 5.25. The van der Waals surface area contributed by atoms with Gasteiger partial charge in [-0.15, -0.1) is 0 Å². The van der Waals surface area contributed by atoms with Crippen molar-refractivity contribution >= 4 is 0 Å². The molecule has 1 aromatic rings. The molecule has 1 unspecified atom stereocenters. The Kier molecular flexibility index (Phi) is 6.99. The molecule has 0 heterocycles. The van der Waals surface area contributed by atoms with Gasteiger partial charge in [0, 0.05) is 13.2 Å². The van der Waals surface area contributed by atoms with E-state index in [0.717, 1.165) is 13.0 Å². The Morgan fingerprint density at radius 3 is 2.33 bits per heavy atom. The third-order valence-corrected chi connectivity index (χ3v) is 3.06. The fraction of sp³-hybridized carbons (Fsp3) is 0.625. The summed E-state index contributed by atoms with van der Waals surface area (Å²) >= 11 is 0. The Morgan fingerprint density at radius 1 is 1.11 bits per heavy atom. The fourth-order valence-corrected chi connectivity index (χ4v) is 1.88. The summed E-state index contributed by atoms with van der Waals surface area (Å²) in [5.41, 5.74) is 2.54. The number of hydrogen-bond donors (Lipinski definition) is 1. The van der Waals surface area contributed by atoms with Gasteiger partial charge in [0.1, 0.15) is 0 Å². The smallest absolute Gasteiger partial charge is 0.0602 e. The van der Waals surface area contributed by atoms with E-state index in [-0.39, 0.29) is 6.10 Å². The van der Waals surface area contributed by atoms with E-state index >= 15 is 0 Å². The van der Waals surface area contributed by atoms with Gasteiger partial charge in [0.2, 0.25) is 0 Å². The Hall–Kier alpha value is -0.860. The van der Waals surface area contributed by atoms with Crippen LogP contribution in [0.15, 0.2) is 24.3 Å². The van der Waals surface area contributed by atoms with Crippen molar-refractivity contribution in [2.45, 2.75) is 52.1 Å². The number of benzene rings is 1. The first-order chi connectivity index (χ1) is 8.63. The molecule has 1 N–H and O–H groups in total. The van der Waals surface area contributed by atoms with E-state index in [1.807, 2.05) is 0 Å². The number of aliphatic hydroxyl groups is 1. The molecule has 0 aliphatic carbocycles. The zero-order valence-corrected chi connectivity index (χ0v) is 11.9. The third-order valence-electron chi connectivity index (χ3n) is 3.06. The van der Waals surface area contributed by atoms with Gasteiger partial charge in [-0.25, -0.2) is 0 Å². The van der Waals surface area contributed by atoms with Gasteiger partial charge in [0.25, 0.3) is 0 Å². The van der Waals surface area contributed by atoms with Crippen LogP contribution in [0.1, 0.15) is 50.7 Å². The van der Waals surface area contributed by atoms with Crippen LogP contribution in [0.25, 0.3) is 0 Å². The van der Waals surface area contributed by atoms with Crippen LogP contribution in [-0.4, -0.2) is 24.4 Å². The van der Waals surface area contributed by atoms with Gasteiger partial charge in [-0.3, -0.25) is 0 Å². The summed E-state index contributed by atoms with van der Waals surface area (Å²) < 4.78 is 5.38. The van der Waals surface area contributed by atoms with E-state index < -0.39 is 0 Å². The number of hydrogen-bond acceptors (Lipinski definition) is 2. The molecule has 0 spiro atoms. The maximum Gasteiger partial charge on any atom is 0.0602 e. The largest absolute Gasteiger partial charge is 0.393 e. The fourth-order valence-electron chi connectivity index (χ4n) is 1.88. The summed E-state index contributed by atoms with van der Waals surface area (Å²) in [6.07, 6.45) is 2.17. The van der Waals surface area contributed by atoms with Crippen LogP contribution in [0.4, 0.5) is 0 Å². The zero-order valence-electron chi connectivity index (χ0n) is 11.9. The second kappa shape index (κ2) is 8.28. The Morgan fingerprint density at radius 2 is 1.78 bits per heavy atom. The first-order valence-electron chi connectivity index (χ1n) is 6.98. The lowest BCUT2D eigenvalue weighted by Crippen LogP contribution is -2.14. The van der Waals surface area contributed by atoms with Gasteiger partial charge < -0.3 is 9.84 Å². The van der Waals surface area contributed by atoms with Gasteiger partial charge in [-0.05, 0) is 36.3 Å². The number of rotatable bonds is 8. The van der Waals surface area contributed by atoms with Gasteiger partial charge in [0.05, 0.1) is 6.10 Å². The van der Waals surface area contributed by atoms with Crippen molar-refractivity contribution in [1.82, 2.24) is 0 Å². The van der Waals surface area contributed by atoms with Crippen molar-refractivity contribution in [1.29, 1.82) is 0 Å². The van der Waals surface area contributed by atoms with E-state index in [9.17, 15) is 5.11 Å². The molecule has 0 amide bonds. The Bertz CT molecular complexity index is 316. The van der Waals surface area contributed by atoms with Crippen molar-refractivity contribution in [2.24, 2.45) is 0 Å². The SMILES string of the molecule is CCCOCCC(O)Cc1ccc(C(C)C)cc1. The van der Waals surface area contributed by atoms with E-state index in [1.54, 1.807) is 0 Å².